The van der Waals surface area contributed by atoms with Crippen LogP contribution in [0.1, 0.15) is 278 Å². The lowest BCUT2D eigenvalue weighted by molar-refractivity contribution is -0.167. The molecule has 0 N–H and O–H groups in total. The van der Waals surface area contributed by atoms with Crippen molar-refractivity contribution in [2.45, 2.75) is 284 Å². The van der Waals surface area contributed by atoms with Crippen molar-refractivity contribution in [2.24, 2.45) is 0 Å². The SMILES string of the molecule is CCCC/C=C\C=C/CCCCCC(=O)OCC(COC(=O)CCCCCCCCC/C=C\CCCCCCCC)OC(=O)CCCCCCCCC/C=C\CCCCCCCC. The maximum absolute atomic E-state index is 12.8. The number of carbonyl (C=O) groups is 3. The normalized spacial score (nSPS) is 12.4. The van der Waals surface area contributed by atoms with E-state index in [2.05, 4.69) is 69.4 Å². The summed E-state index contributed by atoms with van der Waals surface area (Å²) in [7, 11) is 0. The molecule has 63 heavy (non-hydrogen) atoms. The van der Waals surface area contributed by atoms with Gasteiger partial charge in [0.1, 0.15) is 13.2 Å². The van der Waals surface area contributed by atoms with E-state index < -0.39 is 6.10 Å². The highest BCUT2D eigenvalue weighted by Gasteiger charge is 2.19. The summed E-state index contributed by atoms with van der Waals surface area (Å²) in [4.78, 5) is 38.0. The van der Waals surface area contributed by atoms with E-state index >= 15 is 0 Å². The van der Waals surface area contributed by atoms with Crippen molar-refractivity contribution >= 4 is 17.9 Å². The Morgan fingerprint density at radius 2 is 0.587 bits per heavy atom. The molecule has 0 rings (SSSR count). The number of hydrogen-bond acceptors (Lipinski definition) is 6. The van der Waals surface area contributed by atoms with Gasteiger partial charge in [-0.05, 0) is 89.9 Å². The first-order chi connectivity index (χ1) is 31.0. The monoisotopic (exact) mass is 883 g/mol. The minimum atomic E-state index is -0.786. The molecular weight excluding hydrogens is 781 g/mol. The summed E-state index contributed by atoms with van der Waals surface area (Å²) in [6.45, 7) is 6.56. The van der Waals surface area contributed by atoms with Crippen LogP contribution in [0.4, 0.5) is 0 Å². The second-order valence-corrected chi connectivity index (χ2v) is 18.2. The number of hydrogen-bond donors (Lipinski definition) is 0. The summed E-state index contributed by atoms with van der Waals surface area (Å²) in [5, 5.41) is 0. The average molecular weight is 883 g/mol. The molecular formula is C57H102O6. The Hall–Kier alpha value is -2.63. The van der Waals surface area contributed by atoms with Crippen molar-refractivity contribution in [3.05, 3.63) is 48.6 Å². The van der Waals surface area contributed by atoms with Crippen molar-refractivity contribution in [2.75, 3.05) is 13.2 Å². The number of carbonyl (C=O) groups excluding carboxylic acids is 3. The Morgan fingerprint density at radius 3 is 0.952 bits per heavy atom. The highest BCUT2D eigenvalue weighted by molar-refractivity contribution is 5.71. The van der Waals surface area contributed by atoms with E-state index in [1.54, 1.807) is 0 Å². The third kappa shape index (κ3) is 50.2. The van der Waals surface area contributed by atoms with Gasteiger partial charge in [-0.1, -0.05) is 217 Å². The van der Waals surface area contributed by atoms with Gasteiger partial charge in [0, 0.05) is 19.3 Å². The molecule has 6 nitrogen and oxygen atoms in total. The molecule has 0 bridgehead atoms. The molecule has 6 heteroatoms. The summed E-state index contributed by atoms with van der Waals surface area (Å²) >= 11 is 0. The summed E-state index contributed by atoms with van der Waals surface area (Å²) in [5.41, 5.74) is 0. The summed E-state index contributed by atoms with van der Waals surface area (Å²) in [6, 6.07) is 0. The third-order valence-corrected chi connectivity index (χ3v) is 11.8. The Labute approximate surface area is 390 Å². The molecule has 0 aliphatic carbocycles. The van der Waals surface area contributed by atoms with Crippen LogP contribution in [0.2, 0.25) is 0 Å². The van der Waals surface area contributed by atoms with Crippen LogP contribution in [0.3, 0.4) is 0 Å². The van der Waals surface area contributed by atoms with Gasteiger partial charge in [0.2, 0.25) is 0 Å². The average Bonchev–Trinajstić information content (AvgIpc) is 3.28. The predicted octanol–water partition coefficient (Wildman–Crippen LogP) is 17.9. The van der Waals surface area contributed by atoms with E-state index in [1.165, 1.54) is 167 Å². The predicted molar refractivity (Wildman–Crippen MR) is 270 cm³/mol. The van der Waals surface area contributed by atoms with Gasteiger partial charge in [-0.25, -0.2) is 0 Å². The zero-order valence-electron chi connectivity index (χ0n) is 41.8. The topological polar surface area (TPSA) is 78.9 Å². The lowest BCUT2D eigenvalue weighted by atomic mass is 10.1. The third-order valence-electron chi connectivity index (χ3n) is 11.8. The number of ether oxygens (including phenoxy) is 3. The van der Waals surface area contributed by atoms with Gasteiger partial charge in [-0.15, -0.1) is 0 Å². The number of esters is 3. The number of unbranched alkanes of at least 4 members (excludes halogenated alkanes) is 31. The first kappa shape index (κ1) is 60.4. The molecule has 0 spiro atoms. The Morgan fingerprint density at radius 1 is 0.317 bits per heavy atom. The summed E-state index contributed by atoms with van der Waals surface area (Å²) < 4.78 is 16.8. The van der Waals surface area contributed by atoms with Crippen LogP contribution in [0.25, 0.3) is 0 Å². The first-order valence-electron chi connectivity index (χ1n) is 27.2. The maximum atomic E-state index is 12.8. The van der Waals surface area contributed by atoms with E-state index in [9.17, 15) is 14.4 Å². The molecule has 0 saturated carbocycles. The van der Waals surface area contributed by atoms with Crippen molar-refractivity contribution in [1.82, 2.24) is 0 Å². The standard InChI is InChI=1S/C57H102O6/c1-4-7-10-13-16-19-22-24-26-28-30-32-35-38-41-44-47-50-56(59)62-53-54(52-61-55(58)49-46-43-40-37-34-21-18-15-12-9-6-3)63-57(60)51-48-45-42-39-36-33-31-29-27-25-23-20-17-14-11-8-5-2/h15,18,21,24-27,34,54H,4-14,16-17,19-20,22-23,28-33,35-53H2,1-3H3/b18-15-,26-24-,27-25-,34-21-. The highest BCUT2D eigenvalue weighted by atomic mass is 16.6. The molecule has 0 amide bonds. The molecule has 0 aromatic heterocycles. The van der Waals surface area contributed by atoms with Crippen molar-refractivity contribution < 1.29 is 28.6 Å². The Bertz CT molecular complexity index is 1110. The number of allylic oxidation sites excluding steroid dienone is 8. The first-order valence-corrected chi connectivity index (χ1v) is 27.2. The molecule has 0 aliphatic rings. The quantitative estimate of drug-likeness (QED) is 0.0199. The van der Waals surface area contributed by atoms with Crippen LogP contribution < -0.4 is 0 Å². The fraction of sp³-hybridized carbons (Fsp3) is 0.807. The van der Waals surface area contributed by atoms with Crippen LogP contribution >= 0.6 is 0 Å². The molecule has 1 atom stereocenters. The molecule has 0 saturated heterocycles. The second kappa shape index (κ2) is 52.0. The van der Waals surface area contributed by atoms with Gasteiger partial charge in [0.15, 0.2) is 6.10 Å². The fourth-order valence-corrected chi connectivity index (χ4v) is 7.64. The van der Waals surface area contributed by atoms with Crippen LogP contribution in [-0.2, 0) is 28.6 Å². The summed E-state index contributed by atoms with van der Waals surface area (Å²) in [6.07, 6.45) is 62.4. The number of rotatable bonds is 49. The molecule has 0 fully saturated rings. The minimum Gasteiger partial charge on any atom is -0.462 e. The smallest absolute Gasteiger partial charge is 0.306 e. The van der Waals surface area contributed by atoms with E-state index in [-0.39, 0.29) is 31.1 Å². The molecule has 0 aromatic carbocycles. The summed E-state index contributed by atoms with van der Waals surface area (Å²) in [5.74, 6) is -0.914. The van der Waals surface area contributed by atoms with Crippen LogP contribution in [0.5, 0.6) is 0 Å². The van der Waals surface area contributed by atoms with E-state index in [0.29, 0.717) is 19.3 Å². The molecule has 0 heterocycles. The Balaban J connectivity index is 4.36. The van der Waals surface area contributed by atoms with Gasteiger partial charge < -0.3 is 14.2 Å². The van der Waals surface area contributed by atoms with Crippen molar-refractivity contribution in [3.63, 3.8) is 0 Å². The van der Waals surface area contributed by atoms with E-state index in [0.717, 1.165) is 70.6 Å². The zero-order chi connectivity index (χ0) is 45.8. The van der Waals surface area contributed by atoms with Gasteiger partial charge in [-0.2, -0.15) is 0 Å². The molecule has 366 valence electrons. The van der Waals surface area contributed by atoms with E-state index in [1.807, 2.05) is 0 Å². The molecule has 0 radical (unpaired) electrons. The van der Waals surface area contributed by atoms with Crippen molar-refractivity contribution in [3.8, 4) is 0 Å². The molecule has 0 aliphatic heterocycles. The van der Waals surface area contributed by atoms with Gasteiger partial charge in [-0.3, -0.25) is 14.4 Å². The molecule has 1 unspecified atom stereocenters. The van der Waals surface area contributed by atoms with Gasteiger partial charge in [0.05, 0.1) is 0 Å². The van der Waals surface area contributed by atoms with Gasteiger partial charge >= 0.3 is 17.9 Å². The fourth-order valence-electron chi connectivity index (χ4n) is 7.64. The zero-order valence-corrected chi connectivity index (χ0v) is 41.8. The van der Waals surface area contributed by atoms with Crippen LogP contribution in [0, 0.1) is 0 Å². The van der Waals surface area contributed by atoms with E-state index in [4.69, 9.17) is 14.2 Å². The molecule has 0 aromatic rings. The van der Waals surface area contributed by atoms with Gasteiger partial charge in [0.25, 0.3) is 0 Å². The largest absolute Gasteiger partial charge is 0.462 e. The minimum absolute atomic E-state index is 0.0846. The van der Waals surface area contributed by atoms with Crippen LogP contribution in [0.15, 0.2) is 48.6 Å². The Kier molecular flexibility index (Phi) is 49.8. The maximum Gasteiger partial charge on any atom is 0.306 e. The highest BCUT2D eigenvalue weighted by Crippen LogP contribution is 2.15. The van der Waals surface area contributed by atoms with Crippen molar-refractivity contribution in [1.29, 1.82) is 0 Å². The second-order valence-electron chi connectivity index (χ2n) is 18.2. The van der Waals surface area contributed by atoms with Crippen LogP contribution in [-0.4, -0.2) is 37.2 Å². The lowest BCUT2D eigenvalue weighted by Crippen LogP contribution is -2.30. The lowest BCUT2D eigenvalue weighted by Gasteiger charge is -2.18.